The van der Waals surface area contributed by atoms with Crippen LogP contribution in [0.3, 0.4) is 0 Å². The maximum atomic E-state index is 14.0. The molecule has 1 heterocycles. The zero-order valence-electron chi connectivity index (χ0n) is 24.1. The smallest absolute Gasteiger partial charge is 0.255 e. The molecule has 0 radical (unpaired) electrons. The van der Waals surface area contributed by atoms with Crippen LogP contribution in [0.25, 0.3) is 16.9 Å². The van der Waals surface area contributed by atoms with E-state index in [-0.39, 0.29) is 29.7 Å². The second kappa shape index (κ2) is 10.6. The highest BCUT2D eigenvalue weighted by Crippen LogP contribution is 2.53. The number of phenolic OH excluding ortho intramolecular Hbond substituents is 1. The predicted molar refractivity (Wildman–Crippen MR) is 161 cm³/mol. The van der Waals surface area contributed by atoms with Crippen LogP contribution in [0, 0.1) is 11.8 Å². The van der Waals surface area contributed by atoms with Gasteiger partial charge in [0.05, 0.1) is 17.3 Å². The Balaban J connectivity index is 1.41. The van der Waals surface area contributed by atoms with Crippen LogP contribution >= 0.6 is 0 Å². The van der Waals surface area contributed by atoms with Gasteiger partial charge in [0.15, 0.2) is 11.4 Å². The molecule has 2 aromatic carbocycles. The fourth-order valence-corrected chi connectivity index (χ4v) is 6.99. The quantitative estimate of drug-likeness (QED) is 0.231. The number of aliphatic hydroxyl groups excluding tert-OH is 2. The second-order valence-corrected chi connectivity index (χ2v) is 11.7. The van der Waals surface area contributed by atoms with E-state index in [9.17, 15) is 34.8 Å². The molecule has 3 aliphatic rings. The molecule has 4 atom stereocenters. The lowest BCUT2D eigenvalue weighted by molar-refractivity contribution is -0.153. The van der Waals surface area contributed by atoms with Gasteiger partial charge in [-0.15, -0.1) is 0 Å². The van der Waals surface area contributed by atoms with Crippen molar-refractivity contribution >= 4 is 28.9 Å². The van der Waals surface area contributed by atoms with Crippen molar-refractivity contribution in [3.8, 4) is 16.9 Å². The minimum Gasteiger partial charge on any atom is -0.508 e. The summed E-state index contributed by atoms with van der Waals surface area (Å²) in [5, 5.41) is 48.4. The number of carbonyl (C=O) groups excluding carboxylic acids is 3. The Morgan fingerprint density at radius 3 is 2.45 bits per heavy atom. The van der Waals surface area contributed by atoms with E-state index in [1.807, 2.05) is 36.4 Å². The monoisotopic (exact) mass is 596 g/mol. The third-order valence-electron chi connectivity index (χ3n) is 9.03. The maximum Gasteiger partial charge on any atom is 0.255 e. The average molecular weight is 597 g/mol. The summed E-state index contributed by atoms with van der Waals surface area (Å²) in [6, 6.07) is 13.6. The number of fused-ring (bicyclic) bond motifs is 3. The van der Waals surface area contributed by atoms with Crippen molar-refractivity contribution < 1.29 is 34.8 Å². The molecule has 6 rings (SSSR count). The predicted octanol–water partition coefficient (Wildman–Crippen LogP) is 2.64. The van der Waals surface area contributed by atoms with Gasteiger partial charge in [-0.2, -0.15) is 0 Å². The summed E-state index contributed by atoms with van der Waals surface area (Å²) in [6.07, 6.45) is 3.68. The molecule has 0 saturated heterocycles. The number of ketones is 2. The Morgan fingerprint density at radius 1 is 1.09 bits per heavy atom. The van der Waals surface area contributed by atoms with Crippen LogP contribution < -0.4 is 11.1 Å². The number of rotatable bonds is 6. The number of likely N-dealkylation sites (N-methyl/N-ethyl adjacent to an activating group) is 1. The van der Waals surface area contributed by atoms with Crippen molar-refractivity contribution in [2.45, 2.75) is 31.0 Å². The molecule has 3 aliphatic carbocycles. The van der Waals surface area contributed by atoms with E-state index in [4.69, 9.17) is 5.73 Å². The summed E-state index contributed by atoms with van der Waals surface area (Å²) >= 11 is 0. The van der Waals surface area contributed by atoms with Gasteiger partial charge in [0.2, 0.25) is 5.78 Å². The first-order valence-corrected chi connectivity index (χ1v) is 14.2. The first kappa shape index (κ1) is 29.1. The summed E-state index contributed by atoms with van der Waals surface area (Å²) in [4.78, 5) is 45.1. The topological polar surface area (TPSA) is 186 Å². The molecule has 44 heavy (non-hydrogen) atoms. The lowest BCUT2D eigenvalue weighted by Crippen LogP contribution is -2.65. The summed E-state index contributed by atoms with van der Waals surface area (Å²) in [5.41, 5.74) is 5.84. The van der Waals surface area contributed by atoms with Crippen molar-refractivity contribution in [1.82, 2.24) is 9.88 Å². The van der Waals surface area contributed by atoms with Crippen LogP contribution in [0.1, 0.15) is 23.1 Å². The molecule has 0 spiro atoms. The molecular weight excluding hydrogens is 564 g/mol. The number of nitrogens with two attached hydrogens (primary N) is 1. The fourth-order valence-electron chi connectivity index (χ4n) is 6.99. The number of nitrogens with one attached hydrogen (secondary N) is 1. The number of hydrogen-bond donors (Lipinski definition) is 6. The molecule has 1 fully saturated rings. The number of amides is 1. The van der Waals surface area contributed by atoms with E-state index in [2.05, 4.69) is 10.3 Å². The minimum atomic E-state index is -2.67. The third-order valence-corrected chi connectivity index (χ3v) is 9.03. The summed E-state index contributed by atoms with van der Waals surface area (Å²) < 4.78 is 0. The van der Waals surface area contributed by atoms with Gasteiger partial charge < -0.3 is 31.5 Å². The summed E-state index contributed by atoms with van der Waals surface area (Å²) in [5.74, 6) is -6.75. The maximum absolute atomic E-state index is 14.0. The van der Waals surface area contributed by atoms with Crippen molar-refractivity contribution in [3.05, 3.63) is 94.5 Å². The zero-order valence-corrected chi connectivity index (χ0v) is 24.1. The number of anilines is 1. The first-order chi connectivity index (χ1) is 20.9. The first-order valence-electron chi connectivity index (χ1n) is 14.2. The number of carbonyl (C=O) groups is 3. The number of primary amides is 1. The van der Waals surface area contributed by atoms with E-state index >= 15 is 0 Å². The molecule has 7 N–H and O–H groups in total. The van der Waals surface area contributed by atoms with Gasteiger partial charge in [0, 0.05) is 30.4 Å². The molecular formula is C33H32N4O7. The standard InChI is InChI=1S/C33H32N4O7/c1-37(2)27-22-13-18-12-21-20(17-7-5-16(6-8-17)14-36-19-4-3-11-35-15-19)9-10-23(38)25(21)28(39)24(18)30(41)33(22,44)31(42)26(29(27)40)32(34)43/h3-11,15,18,22,27,36,38-39,42,44H,12-14H2,1-2H3,(H2,34,43)/t18-,22-,27-,33-/m0/s1. The summed E-state index contributed by atoms with van der Waals surface area (Å²) in [7, 11) is 3.14. The Hall–Kier alpha value is -5.00. The van der Waals surface area contributed by atoms with Gasteiger partial charge in [0.25, 0.3) is 5.91 Å². The van der Waals surface area contributed by atoms with Crippen LogP contribution in [0.15, 0.2) is 77.8 Å². The summed E-state index contributed by atoms with van der Waals surface area (Å²) in [6.45, 7) is 0.575. The van der Waals surface area contributed by atoms with Crippen molar-refractivity contribution in [3.63, 3.8) is 0 Å². The third kappa shape index (κ3) is 4.35. The number of aromatic nitrogens is 1. The number of hydrogen-bond acceptors (Lipinski definition) is 10. The highest BCUT2D eigenvalue weighted by molar-refractivity contribution is 6.24. The van der Waals surface area contributed by atoms with Gasteiger partial charge in [0.1, 0.15) is 22.8 Å². The molecule has 0 unspecified atom stereocenters. The Kier molecular flexibility index (Phi) is 7.02. The molecule has 226 valence electrons. The number of aromatic hydroxyl groups is 1. The van der Waals surface area contributed by atoms with E-state index in [1.165, 1.54) is 11.0 Å². The molecule has 1 aromatic heterocycles. The number of nitrogens with zero attached hydrogens (tertiary/aromatic N) is 2. The fraction of sp³-hybridized carbons (Fsp3) is 0.273. The average Bonchev–Trinajstić information content (AvgIpc) is 2.98. The Morgan fingerprint density at radius 2 is 1.82 bits per heavy atom. The number of pyridine rings is 1. The second-order valence-electron chi connectivity index (χ2n) is 11.7. The molecule has 11 heteroatoms. The largest absolute Gasteiger partial charge is 0.508 e. The normalized spacial score (nSPS) is 24.6. The Bertz CT molecular complexity index is 1760. The van der Waals surface area contributed by atoms with Crippen molar-refractivity contribution in [2.75, 3.05) is 19.4 Å². The van der Waals surface area contributed by atoms with Crippen LogP contribution in [0.2, 0.25) is 0 Å². The highest BCUT2D eigenvalue weighted by atomic mass is 16.3. The number of Topliss-reactive ketones (excluding diaryl/α,β-unsaturated/α-hetero) is 2. The lowest BCUT2D eigenvalue weighted by Gasteiger charge is -2.50. The minimum absolute atomic E-state index is 0.0276. The lowest BCUT2D eigenvalue weighted by atomic mass is 9.57. The molecule has 1 saturated carbocycles. The number of benzene rings is 2. The van der Waals surface area contributed by atoms with Crippen LogP contribution in [-0.2, 0) is 27.3 Å². The highest BCUT2D eigenvalue weighted by Gasteiger charge is 2.64. The van der Waals surface area contributed by atoms with E-state index in [1.54, 1.807) is 32.6 Å². The van der Waals surface area contributed by atoms with Gasteiger partial charge in [-0.25, -0.2) is 0 Å². The zero-order chi connectivity index (χ0) is 31.5. The molecule has 1 amide bonds. The molecule has 0 aliphatic heterocycles. The van der Waals surface area contributed by atoms with Gasteiger partial charge in [-0.3, -0.25) is 24.3 Å². The SMILES string of the molecule is CN(C)[C@@H]1C(=O)C(C(N)=O)=C(O)[C@@]2(O)C(=O)C3=C(O)c4c(O)ccc(-c5ccc(CNc6cccnc6)cc5)c4C[C@H]3C[C@@H]12. The molecule has 0 bridgehead atoms. The van der Waals surface area contributed by atoms with Crippen LogP contribution in [0.4, 0.5) is 5.69 Å². The number of aliphatic hydroxyl groups is 3. The van der Waals surface area contributed by atoms with E-state index in [0.717, 1.165) is 22.4 Å². The van der Waals surface area contributed by atoms with Gasteiger partial charge >= 0.3 is 0 Å². The van der Waals surface area contributed by atoms with Crippen LogP contribution in [0.5, 0.6) is 5.75 Å². The van der Waals surface area contributed by atoms with Crippen molar-refractivity contribution in [1.29, 1.82) is 0 Å². The van der Waals surface area contributed by atoms with Crippen LogP contribution in [-0.4, -0.2) is 73.5 Å². The molecule has 3 aromatic rings. The van der Waals surface area contributed by atoms with Gasteiger partial charge in [-0.05, 0) is 73.3 Å². The molecule has 11 nitrogen and oxygen atoms in total. The van der Waals surface area contributed by atoms with Gasteiger partial charge in [-0.1, -0.05) is 30.3 Å². The van der Waals surface area contributed by atoms with Crippen molar-refractivity contribution in [2.24, 2.45) is 17.6 Å². The van der Waals surface area contributed by atoms with E-state index < -0.39 is 58.0 Å². The van der Waals surface area contributed by atoms with E-state index in [0.29, 0.717) is 12.1 Å². The number of phenols is 1. The Labute approximate surface area is 253 Å².